The van der Waals surface area contributed by atoms with E-state index in [0.29, 0.717) is 50.5 Å². The Morgan fingerprint density at radius 3 is 2.68 bits per heavy atom. The van der Waals surface area contributed by atoms with Gasteiger partial charge in [0.15, 0.2) is 11.5 Å². The fourth-order valence-corrected chi connectivity index (χ4v) is 4.24. The molecule has 1 fully saturated rings. The van der Waals surface area contributed by atoms with Crippen LogP contribution in [-0.2, 0) is 5.60 Å². The minimum Gasteiger partial charge on any atom is -0.493 e. The van der Waals surface area contributed by atoms with E-state index in [4.69, 9.17) is 14.9 Å². The Hall–Kier alpha value is -4.35. The van der Waals surface area contributed by atoms with Crippen molar-refractivity contribution in [2.45, 2.75) is 25.6 Å². The molecule has 0 saturated carbocycles. The Balaban J connectivity index is 1.63. The summed E-state index contributed by atoms with van der Waals surface area (Å²) in [7, 11) is 1.57. The van der Waals surface area contributed by atoms with E-state index >= 15 is 4.39 Å². The third kappa shape index (κ3) is 5.06. The number of hydrogen-bond acceptors (Lipinski definition) is 8. The largest absolute Gasteiger partial charge is 0.493 e. The molecule has 3 heterocycles. The highest BCUT2D eigenvalue weighted by atomic mass is 19.1. The van der Waals surface area contributed by atoms with E-state index < -0.39 is 11.4 Å². The van der Waals surface area contributed by atoms with E-state index in [1.165, 1.54) is 12.4 Å². The average Bonchev–Trinajstić information content (AvgIpc) is 2.86. The van der Waals surface area contributed by atoms with E-state index in [9.17, 15) is 5.11 Å². The standard InChI is InChI=1S/C27H28FN7O3/c1-27(2,36)19-9-20(28)17(15-4-5-31-25(6-15)32-13-29)7-22(19)35-26-18-8-24(38-16-11-30-12-16)23(37-3)10-21(18)33-14-34-26/h4-10,13-14,16,30,36H,11-12H2,1-3H3,(H2,29,31,32)(H,33,34,35). The lowest BCUT2D eigenvalue weighted by Crippen LogP contribution is -2.50. The number of methoxy groups -OCH3 is 1. The lowest BCUT2D eigenvalue weighted by Gasteiger charge is -2.28. The van der Waals surface area contributed by atoms with Gasteiger partial charge in [0.2, 0.25) is 0 Å². The molecule has 196 valence electrons. The Labute approximate surface area is 218 Å². The van der Waals surface area contributed by atoms with Gasteiger partial charge in [0.05, 0.1) is 18.2 Å². The first-order valence-electron chi connectivity index (χ1n) is 12.0. The fraction of sp³-hybridized carbons (Fsp3) is 0.259. The van der Waals surface area contributed by atoms with Gasteiger partial charge in [0.1, 0.15) is 35.9 Å². The van der Waals surface area contributed by atoms with Crippen LogP contribution in [-0.4, -0.2) is 52.7 Å². The number of pyridine rings is 1. The third-order valence-corrected chi connectivity index (χ3v) is 6.28. The summed E-state index contributed by atoms with van der Waals surface area (Å²) in [4.78, 5) is 15.7. The van der Waals surface area contributed by atoms with Crippen molar-refractivity contribution in [2.75, 3.05) is 25.5 Å². The topological polar surface area (TPSA) is 141 Å². The summed E-state index contributed by atoms with van der Waals surface area (Å²) in [6, 6.07) is 9.89. The van der Waals surface area contributed by atoms with Crippen molar-refractivity contribution in [1.82, 2.24) is 20.3 Å². The first-order valence-corrected chi connectivity index (χ1v) is 12.0. The maximum atomic E-state index is 15.4. The molecule has 10 nitrogen and oxygen atoms in total. The smallest absolute Gasteiger partial charge is 0.162 e. The van der Waals surface area contributed by atoms with Crippen LogP contribution in [0, 0.1) is 11.2 Å². The molecule has 2 aromatic heterocycles. The van der Waals surface area contributed by atoms with Gasteiger partial charge in [0, 0.05) is 47.6 Å². The van der Waals surface area contributed by atoms with Crippen molar-refractivity contribution in [3.8, 4) is 22.6 Å². The zero-order valence-electron chi connectivity index (χ0n) is 21.2. The fourth-order valence-electron chi connectivity index (χ4n) is 4.24. The number of ether oxygens (including phenoxy) is 2. The minimum absolute atomic E-state index is 0.0382. The SMILES string of the molecule is COc1cc2ncnc(Nc3cc(-c4cc[nH]/c(=N\C=N)c4)c(F)cc3C(C)(C)O)c2cc1OC1CNC1. The van der Waals surface area contributed by atoms with Gasteiger partial charge in [-0.25, -0.2) is 19.4 Å². The molecular formula is C27H28FN7O3. The van der Waals surface area contributed by atoms with Crippen molar-refractivity contribution in [3.63, 3.8) is 0 Å². The quantitative estimate of drug-likeness (QED) is 0.178. The van der Waals surface area contributed by atoms with Gasteiger partial charge in [0.25, 0.3) is 0 Å². The van der Waals surface area contributed by atoms with Crippen LogP contribution >= 0.6 is 0 Å². The van der Waals surface area contributed by atoms with Crippen LogP contribution in [0.3, 0.4) is 0 Å². The number of hydrogen-bond donors (Lipinski definition) is 5. The number of H-pyrrole nitrogens is 1. The number of rotatable bonds is 8. The molecule has 5 N–H and O–H groups in total. The van der Waals surface area contributed by atoms with Gasteiger partial charge < -0.3 is 30.2 Å². The second-order valence-electron chi connectivity index (χ2n) is 9.42. The molecule has 2 aromatic carbocycles. The number of aromatic nitrogens is 3. The first-order chi connectivity index (χ1) is 18.3. The maximum absolute atomic E-state index is 15.4. The van der Waals surface area contributed by atoms with Crippen molar-refractivity contribution < 1.29 is 19.0 Å². The van der Waals surface area contributed by atoms with Crippen LogP contribution in [0.2, 0.25) is 0 Å². The zero-order valence-corrected chi connectivity index (χ0v) is 21.2. The highest BCUT2D eigenvalue weighted by Gasteiger charge is 2.25. The Morgan fingerprint density at radius 1 is 1.18 bits per heavy atom. The molecule has 0 atom stereocenters. The summed E-state index contributed by atoms with van der Waals surface area (Å²) in [5.41, 5.74) is 1.33. The maximum Gasteiger partial charge on any atom is 0.162 e. The monoisotopic (exact) mass is 517 g/mol. The molecule has 0 unspecified atom stereocenters. The number of nitrogens with zero attached hydrogens (tertiary/aromatic N) is 3. The molecule has 11 heteroatoms. The molecule has 0 radical (unpaired) electrons. The Bertz CT molecular complexity index is 1580. The highest BCUT2D eigenvalue weighted by Crippen LogP contribution is 2.39. The molecule has 0 aliphatic carbocycles. The van der Waals surface area contributed by atoms with Crippen LogP contribution < -0.4 is 25.6 Å². The zero-order chi connectivity index (χ0) is 26.9. The van der Waals surface area contributed by atoms with E-state index in [2.05, 4.69) is 30.6 Å². The number of anilines is 2. The lowest BCUT2D eigenvalue weighted by atomic mass is 9.93. The molecule has 0 amide bonds. The van der Waals surface area contributed by atoms with E-state index in [1.807, 2.05) is 6.07 Å². The summed E-state index contributed by atoms with van der Waals surface area (Å²) < 4.78 is 27.0. The second kappa shape index (κ2) is 10.2. The predicted molar refractivity (Wildman–Crippen MR) is 142 cm³/mol. The average molecular weight is 518 g/mol. The number of fused-ring (bicyclic) bond motifs is 1. The summed E-state index contributed by atoms with van der Waals surface area (Å²) in [5.74, 6) is 1.07. The molecule has 1 saturated heterocycles. The van der Waals surface area contributed by atoms with Gasteiger partial charge in [-0.05, 0) is 49.7 Å². The molecule has 1 aliphatic heterocycles. The Morgan fingerprint density at radius 2 is 2.00 bits per heavy atom. The van der Waals surface area contributed by atoms with E-state index in [-0.39, 0.29) is 11.7 Å². The molecule has 5 rings (SSSR count). The molecule has 0 bridgehead atoms. The normalized spacial score (nSPS) is 14.3. The van der Waals surface area contributed by atoms with Crippen molar-refractivity contribution in [3.05, 3.63) is 65.8 Å². The molecule has 4 aromatic rings. The van der Waals surface area contributed by atoms with Gasteiger partial charge in [-0.2, -0.15) is 0 Å². The van der Waals surface area contributed by atoms with E-state index in [0.717, 1.165) is 19.4 Å². The van der Waals surface area contributed by atoms with Crippen LogP contribution in [0.4, 0.5) is 15.9 Å². The molecule has 0 spiro atoms. The van der Waals surface area contributed by atoms with Crippen molar-refractivity contribution >= 4 is 28.7 Å². The predicted octanol–water partition coefficient (Wildman–Crippen LogP) is 3.60. The lowest BCUT2D eigenvalue weighted by molar-refractivity contribution is 0.0790. The van der Waals surface area contributed by atoms with Crippen molar-refractivity contribution in [1.29, 1.82) is 5.41 Å². The van der Waals surface area contributed by atoms with Crippen LogP contribution in [0.1, 0.15) is 19.4 Å². The third-order valence-electron chi connectivity index (χ3n) is 6.28. The molecule has 1 aliphatic rings. The second-order valence-corrected chi connectivity index (χ2v) is 9.42. The summed E-state index contributed by atoms with van der Waals surface area (Å²) in [5, 5.41) is 25.2. The number of aliphatic hydroxyl groups is 1. The summed E-state index contributed by atoms with van der Waals surface area (Å²) >= 11 is 0. The van der Waals surface area contributed by atoms with Gasteiger partial charge >= 0.3 is 0 Å². The highest BCUT2D eigenvalue weighted by molar-refractivity contribution is 5.93. The number of halogens is 1. The first kappa shape index (κ1) is 25.3. The van der Waals surface area contributed by atoms with Gasteiger partial charge in [-0.1, -0.05) is 0 Å². The molecular weight excluding hydrogens is 489 g/mol. The summed E-state index contributed by atoms with van der Waals surface area (Å²) in [6.07, 6.45) is 3.99. The molecule has 38 heavy (non-hydrogen) atoms. The van der Waals surface area contributed by atoms with Gasteiger partial charge in [-0.15, -0.1) is 0 Å². The Kier molecular flexibility index (Phi) is 6.79. The van der Waals surface area contributed by atoms with Gasteiger partial charge in [-0.3, -0.25) is 5.41 Å². The number of aromatic amines is 1. The summed E-state index contributed by atoms with van der Waals surface area (Å²) in [6.45, 7) is 4.67. The minimum atomic E-state index is -1.36. The number of benzene rings is 2. The van der Waals surface area contributed by atoms with Crippen LogP contribution in [0.25, 0.3) is 22.0 Å². The van der Waals surface area contributed by atoms with E-state index in [1.54, 1.807) is 51.4 Å². The number of nitrogens with one attached hydrogen (secondary N) is 4. The van der Waals surface area contributed by atoms with Crippen molar-refractivity contribution in [2.24, 2.45) is 4.99 Å². The van der Waals surface area contributed by atoms with Crippen LogP contribution in [0.5, 0.6) is 11.5 Å². The van der Waals surface area contributed by atoms with Crippen LogP contribution in [0.15, 0.2) is 53.9 Å².